The van der Waals surface area contributed by atoms with Gasteiger partial charge in [-0.05, 0) is 89.2 Å². The van der Waals surface area contributed by atoms with Crippen molar-refractivity contribution in [2.45, 2.75) is 12.8 Å². The zero-order valence-electron chi connectivity index (χ0n) is 28.3. The Balaban J connectivity index is 1.19. The summed E-state index contributed by atoms with van der Waals surface area (Å²) >= 11 is 1.79. The number of rotatable bonds is 6. The SMILES string of the molecule is C1=Cc2cc(-c3nc(-c4ccccc4)nc(-c4cc(-c5ccccc5)cc(-c5ccc6c7ccccc7n(-c7ccccc7)c6c5)c4)n3)sc2CC1. The first-order valence-electron chi connectivity index (χ1n) is 17.7. The summed E-state index contributed by atoms with van der Waals surface area (Å²) in [6.45, 7) is 0. The molecule has 9 aromatic rings. The molecule has 246 valence electrons. The standard InChI is InChI=1S/C47H32N4S/c1-4-14-31(15-5-1)35-26-36(33-24-25-40-39-21-11-12-22-41(39)51(42(40)29-33)38-19-8-3-9-20-38)28-37(27-35)46-48-45(32-16-6-2-7-17-32)49-47(50-46)44-30-34-18-10-13-23-43(34)52-44/h1-12,14-22,24-30H,13,23H2. The minimum Gasteiger partial charge on any atom is -0.309 e. The average molecular weight is 685 g/mol. The molecule has 1 aliphatic carbocycles. The van der Waals surface area contributed by atoms with Gasteiger partial charge in [-0.1, -0.05) is 121 Å². The van der Waals surface area contributed by atoms with Crippen molar-refractivity contribution in [2.24, 2.45) is 0 Å². The van der Waals surface area contributed by atoms with E-state index >= 15 is 0 Å². The highest BCUT2D eigenvalue weighted by Crippen LogP contribution is 2.39. The maximum atomic E-state index is 5.20. The first-order chi connectivity index (χ1) is 25.7. The molecule has 5 heteroatoms. The van der Waals surface area contributed by atoms with E-state index in [1.54, 1.807) is 11.3 Å². The van der Waals surface area contributed by atoms with Crippen LogP contribution < -0.4 is 0 Å². The van der Waals surface area contributed by atoms with E-state index in [0.717, 1.165) is 56.8 Å². The first kappa shape index (κ1) is 30.4. The molecule has 6 aromatic carbocycles. The van der Waals surface area contributed by atoms with Crippen molar-refractivity contribution in [2.75, 3.05) is 0 Å². The van der Waals surface area contributed by atoms with Crippen LogP contribution in [0.1, 0.15) is 16.9 Å². The maximum Gasteiger partial charge on any atom is 0.174 e. The van der Waals surface area contributed by atoms with E-state index in [9.17, 15) is 0 Å². The molecule has 10 rings (SSSR count). The summed E-state index contributed by atoms with van der Waals surface area (Å²) in [6, 6.07) is 55.9. The third-order valence-corrected chi connectivity index (χ3v) is 11.1. The Morgan fingerprint density at radius 3 is 1.85 bits per heavy atom. The molecule has 0 fully saturated rings. The van der Waals surface area contributed by atoms with Crippen LogP contribution in [0.4, 0.5) is 0 Å². The number of aromatic nitrogens is 4. The van der Waals surface area contributed by atoms with E-state index in [4.69, 9.17) is 15.0 Å². The van der Waals surface area contributed by atoms with E-state index in [-0.39, 0.29) is 0 Å². The van der Waals surface area contributed by atoms with Gasteiger partial charge < -0.3 is 4.57 Å². The van der Waals surface area contributed by atoms with Crippen molar-refractivity contribution in [3.8, 4) is 61.4 Å². The highest BCUT2D eigenvalue weighted by atomic mass is 32.1. The van der Waals surface area contributed by atoms with Crippen LogP contribution in [0.3, 0.4) is 0 Å². The highest BCUT2D eigenvalue weighted by molar-refractivity contribution is 7.15. The minimum absolute atomic E-state index is 0.657. The summed E-state index contributed by atoms with van der Waals surface area (Å²) in [5.41, 5.74) is 11.2. The predicted molar refractivity (Wildman–Crippen MR) is 217 cm³/mol. The molecule has 4 nitrogen and oxygen atoms in total. The molecular formula is C47H32N4S. The Labute approximate surface area is 306 Å². The summed E-state index contributed by atoms with van der Waals surface area (Å²) in [7, 11) is 0. The van der Waals surface area contributed by atoms with Gasteiger partial charge in [0, 0.05) is 32.5 Å². The molecule has 3 heterocycles. The summed E-state index contributed by atoms with van der Waals surface area (Å²) in [4.78, 5) is 17.9. The smallest absolute Gasteiger partial charge is 0.174 e. The summed E-state index contributed by atoms with van der Waals surface area (Å²) < 4.78 is 2.37. The molecule has 0 amide bonds. The predicted octanol–water partition coefficient (Wildman–Crippen LogP) is 12.3. The minimum atomic E-state index is 0.657. The van der Waals surface area contributed by atoms with Gasteiger partial charge in [0.2, 0.25) is 0 Å². The number of fused-ring (bicyclic) bond motifs is 4. The van der Waals surface area contributed by atoms with Crippen LogP contribution in [0, 0.1) is 0 Å². The van der Waals surface area contributed by atoms with Crippen molar-refractivity contribution < 1.29 is 0 Å². The largest absolute Gasteiger partial charge is 0.309 e. The Kier molecular flexibility index (Phi) is 7.43. The average Bonchev–Trinajstić information content (AvgIpc) is 3.81. The van der Waals surface area contributed by atoms with Crippen LogP contribution in [-0.2, 0) is 6.42 Å². The lowest BCUT2D eigenvalue weighted by molar-refractivity contribution is 1.01. The van der Waals surface area contributed by atoms with Crippen LogP contribution in [-0.4, -0.2) is 19.5 Å². The van der Waals surface area contributed by atoms with Gasteiger partial charge in [0.05, 0.1) is 15.9 Å². The molecule has 0 saturated heterocycles. The zero-order chi connectivity index (χ0) is 34.4. The molecule has 0 N–H and O–H groups in total. The van der Waals surface area contributed by atoms with Crippen molar-refractivity contribution in [3.63, 3.8) is 0 Å². The third kappa shape index (κ3) is 5.43. The first-order valence-corrected chi connectivity index (χ1v) is 18.5. The lowest BCUT2D eigenvalue weighted by Gasteiger charge is -2.13. The fraction of sp³-hybridized carbons (Fsp3) is 0.0426. The Morgan fingerprint density at radius 1 is 0.462 bits per heavy atom. The highest BCUT2D eigenvalue weighted by Gasteiger charge is 2.19. The summed E-state index contributed by atoms with van der Waals surface area (Å²) in [5.74, 6) is 2.03. The third-order valence-electron chi connectivity index (χ3n) is 9.88. The van der Waals surface area contributed by atoms with E-state index in [2.05, 4.69) is 156 Å². The second-order valence-electron chi connectivity index (χ2n) is 13.2. The van der Waals surface area contributed by atoms with Gasteiger partial charge in [0.15, 0.2) is 17.5 Å². The summed E-state index contributed by atoms with van der Waals surface area (Å²) in [6.07, 6.45) is 6.59. The number of hydrogen-bond acceptors (Lipinski definition) is 4. The van der Waals surface area contributed by atoms with Gasteiger partial charge in [-0.2, -0.15) is 0 Å². The fourth-order valence-corrected chi connectivity index (χ4v) is 8.47. The monoisotopic (exact) mass is 684 g/mol. The number of hydrogen-bond donors (Lipinski definition) is 0. The molecule has 1 aliphatic rings. The molecule has 0 saturated carbocycles. The van der Waals surface area contributed by atoms with Crippen molar-refractivity contribution >= 4 is 39.2 Å². The number of benzene rings is 6. The number of aryl methyl sites for hydroxylation is 1. The van der Waals surface area contributed by atoms with Crippen LogP contribution in [0.15, 0.2) is 164 Å². The van der Waals surface area contributed by atoms with Gasteiger partial charge in [-0.15, -0.1) is 11.3 Å². The van der Waals surface area contributed by atoms with Gasteiger partial charge in [-0.25, -0.2) is 15.0 Å². The van der Waals surface area contributed by atoms with Crippen molar-refractivity contribution in [1.29, 1.82) is 0 Å². The van der Waals surface area contributed by atoms with E-state index in [1.807, 2.05) is 18.2 Å². The molecule has 52 heavy (non-hydrogen) atoms. The Hall–Kier alpha value is -6.43. The molecule has 0 atom stereocenters. The molecule has 0 radical (unpaired) electrons. The zero-order valence-corrected chi connectivity index (χ0v) is 29.1. The molecule has 0 bridgehead atoms. The van der Waals surface area contributed by atoms with Crippen LogP contribution in [0.25, 0.3) is 89.3 Å². The lowest BCUT2D eigenvalue weighted by atomic mass is 9.95. The Morgan fingerprint density at radius 2 is 1.08 bits per heavy atom. The Bertz CT molecular complexity index is 2780. The number of nitrogens with zero attached hydrogens (tertiary/aromatic N) is 4. The number of thiophene rings is 1. The second-order valence-corrected chi connectivity index (χ2v) is 14.3. The van der Waals surface area contributed by atoms with Crippen LogP contribution in [0.5, 0.6) is 0 Å². The van der Waals surface area contributed by atoms with Gasteiger partial charge in [0.1, 0.15) is 0 Å². The lowest BCUT2D eigenvalue weighted by Crippen LogP contribution is -2.00. The van der Waals surface area contributed by atoms with Crippen molar-refractivity contribution in [1.82, 2.24) is 19.5 Å². The second kappa shape index (κ2) is 12.7. The van der Waals surface area contributed by atoms with E-state index < -0.39 is 0 Å². The molecule has 0 unspecified atom stereocenters. The quantitative estimate of drug-likeness (QED) is 0.175. The topological polar surface area (TPSA) is 43.6 Å². The number of allylic oxidation sites excluding steroid dienone is 1. The van der Waals surface area contributed by atoms with E-state index in [0.29, 0.717) is 17.5 Å². The van der Waals surface area contributed by atoms with Crippen LogP contribution in [0.2, 0.25) is 0 Å². The fourth-order valence-electron chi connectivity index (χ4n) is 7.37. The van der Waals surface area contributed by atoms with Crippen LogP contribution >= 0.6 is 11.3 Å². The molecule has 0 aliphatic heterocycles. The van der Waals surface area contributed by atoms with E-state index in [1.165, 1.54) is 32.2 Å². The summed E-state index contributed by atoms with van der Waals surface area (Å²) in [5, 5.41) is 2.47. The van der Waals surface area contributed by atoms with Gasteiger partial charge in [-0.3, -0.25) is 0 Å². The maximum absolute atomic E-state index is 5.20. The number of para-hydroxylation sites is 2. The molecule has 3 aromatic heterocycles. The van der Waals surface area contributed by atoms with Gasteiger partial charge >= 0.3 is 0 Å². The molecule has 0 spiro atoms. The molecular weight excluding hydrogens is 653 g/mol. The normalized spacial score (nSPS) is 12.4. The van der Waals surface area contributed by atoms with Gasteiger partial charge in [0.25, 0.3) is 0 Å². The van der Waals surface area contributed by atoms with Crippen molar-refractivity contribution in [3.05, 3.63) is 174 Å².